The van der Waals surface area contributed by atoms with Crippen molar-refractivity contribution in [1.82, 2.24) is 5.32 Å². The van der Waals surface area contributed by atoms with Crippen molar-refractivity contribution in [2.24, 2.45) is 5.92 Å². The van der Waals surface area contributed by atoms with Crippen molar-refractivity contribution in [1.29, 1.82) is 0 Å². The van der Waals surface area contributed by atoms with Crippen LogP contribution in [0.1, 0.15) is 41.9 Å². The zero-order chi connectivity index (χ0) is 15.5. The fourth-order valence-electron chi connectivity index (χ4n) is 1.57. The minimum Gasteiger partial charge on any atom is -0.395 e. The summed E-state index contributed by atoms with van der Waals surface area (Å²) in [5.74, 6) is 6.18. The molecule has 0 aromatic carbocycles. The summed E-state index contributed by atoms with van der Waals surface area (Å²) in [7, 11) is 0. The standard InChI is InChI=1S/C16H23NO3S/c1-13(2)12-20-10-5-8-17-16(19)15-14(7-11-21-15)6-3-4-9-18/h7,11,13,18H,4-5,8-10,12H2,1-2H3,(H,17,19). The van der Waals surface area contributed by atoms with Gasteiger partial charge in [0, 0.05) is 31.7 Å². The third-order valence-corrected chi connectivity index (χ3v) is 3.45. The Kier molecular flexibility index (Phi) is 8.76. The molecular weight excluding hydrogens is 286 g/mol. The molecule has 4 nitrogen and oxygen atoms in total. The zero-order valence-electron chi connectivity index (χ0n) is 12.6. The van der Waals surface area contributed by atoms with Crippen LogP contribution in [-0.4, -0.2) is 37.4 Å². The van der Waals surface area contributed by atoms with Gasteiger partial charge in [-0.1, -0.05) is 25.7 Å². The number of hydrogen-bond acceptors (Lipinski definition) is 4. The molecule has 116 valence electrons. The van der Waals surface area contributed by atoms with E-state index in [0.29, 0.717) is 30.4 Å². The van der Waals surface area contributed by atoms with Gasteiger partial charge in [-0.15, -0.1) is 11.3 Å². The topological polar surface area (TPSA) is 58.6 Å². The Labute approximate surface area is 130 Å². The fraction of sp³-hybridized carbons (Fsp3) is 0.562. The predicted octanol–water partition coefficient (Wildman–Crippen LogP) is 2.27. The Morgan fingerprint density at radius 1 is 1.52 bits per heavy atom. The highest BCUT2D eigenvalue weighted by Crippen LogP contribution is 2.15. The minimum atomic E-state index is -0.0952. The van der Waals surface area contributed by atoms with Crippen molar-refractivity contribution in [2.75, 3.05) is 26.4 Å². The zero-order valence-corrected chi connectivity index (χ0v) is 13.5. The van der Waals surface area contributed by atoms with Crippen LogP contribution in [-0.2, 0) is 4.74 Å². The molecule has 2 N–H and O–H groups in total. The molecule has 0 aliphatic heterocycles. The van der Waals surface area contributed by atoms with E-state index < -0.39 is 0 Å². The van der Waals surface area contributed by atoms with E-state index in [1.54, 1.807) is 0 Å². The highest BCUT2D eigenvalue weighted by Gasteiger charge is 2.11. The van der Waals surface area contributed by atoms with Crippen molar-refractivity contribution in [2.45, 2.75) is 26.7 Å². The van der Waals surface area contributed by atoms with Crippen molar-refractivity contribution >= 4 is 17.2 Å². The number of thiophene rings is 1. The van der Waals surface area contributed by atoms with E-state index in [1.165, 1.54) is 11.3 Å². The summed E-state index contributed by atoms with van der Waals surface area (Å²) in [5, 5.41) is 13.4. The highest BCUT2D eigenvalue weighted by molar-refractivity contribution is 7.12. The summed E-state index contributed by atoms with van der Waals surface area (Å²) >= 11 is 1.38. The van der Waals surface area contributed by atoms with Gasteiger partial charge in [-0.2, -0.15) is 0 Å². The molecule has 0 unspecified atom stereocenters. The molecule has 0 fully saturated rings. The van der Waals surface area contributed by atoms with Gasteiger partial charge in [-0.05, 0) is 23.8 Å². The van der Waals surface area contributed by atoms with Crippen LogP contribution in [0.3, 0.4) is 0 Å². The minimum absolute atomic E-state index is 0.0368. The number of nitrogens with one attached hydrogen (secondary N) is 1. The lowest BCUT2D eigenvalue weighted by atomic mass is 10.2. The van der Waals surface area contributed by atoms with Crippen LogP contribution in [0.5, 0.6) is 0 Å². The highest BCUT2D eigenvalue weighted by atomic mass is 32.1. The van der Waals surface area contributed by atoms with Crippen molar-refractivity contribution in [3.63, 3.8) is 0 Å². The van der Waals surface area contributed by atoms with E-state index in [2.05, 4.69) is 31.0 Å². The second-order valence-electron chi connectivity index (χ2n) is 5.02. The molecule has 0 atom stereocenters. The van der Waals surface area contributed by atoms with Crippen LogP contribution in [0.4, 0.5) is 0 Å². The molecule has 0 bridgehead atoms. The summed E-state index contributed by atoms with van der Waals surface area (Å²) in [6.07, 6.45) is 1.22. The summed E-state index contributed by atoms with van der Waals surface area (Å²) < 4.78 is 5.46. The first-order chi connectivity index (χ1) is 10.1. The summed E-state index contributed by atoms with van der Waals surface area (Å²) in [6.45, 7) is 6.26. The van der Waals surface area contributed by atoms with E-state index in [-0.39, 0.29) is 12.5 Å². The average molecular weight is 309 g/mol. The van der Waals surface area contributed by atoms with Gasteiger partial charge >= 0.3 is 0 Å². The molecule has 0 radical (unpaired) electrons. The number of ether oxygens (including phenoxy) is 1. The number of hydrogen-bond donors (Lipinski definition) is 2. The second-order valence-corrected chi connectivity index (χ2v) is 5.93. The first kappa shape index (κ1) is 17.7. The van der Waals surface area contributed by atoms with Crippen LogP contribution in [0.25, 0.3) is 0 Å². The van der Waals surface area contributed by atoms with Crippen molar-refractivity contribution in [3.8, 4) is 11.8 Å². The van der Waals surface area contributed by atoms with Crippen LogP contribution >= 0.6 is 11.3 Å². The van der Waals surface area contributed by atoms with Gasteiger partial charge in [0.15, 0.2) is 0 Å². The monoisotopic (exact) mass is 309 g/mol. The quantitative estimate of drug-likeness (QED) is 0.572. The van der Waals surface area contributed by atoms with Crippen LogP contribution in [0.15, 0.2) is 11.4 Å². The molecule has 0 spiro atoms. The van der Waals surface area contributed by atoms with Crippen molar-refractivity contribution in [3.05, 3.63) is 21.9 Å². The lowest BCUT2D eigenvalue weighted by Gasteiger charge is -2.07. The molecular formula is C16H23NO3S. The molecule has 1 rings (SSSR count). The van der Waals surface area contributed by atoms with Gasteiger partial charge in [0.2, 0.25) is 0 Å². The maximum Gasteiger partial charge on any atom is 0.262 e. The number of aliphatic hydroxyl groups is 1. The van der Waals surface area contributed by atoms with Crippen LogP contribution in [0.2, 0.25) is 0 Å². The van der Waals surface area contributed by atoms with E-state index in [0.717, 1.165) is 18.6 Å². The van der Waals surface area contributed by atoms with Gasteiger partial charge in [-0.25, -0.2) is 0 Å². The van der Waals surface area contributed by atoms with Gasteiger partial charge in [0.25, 0.3) is 5.91 Å². The third-order valence-electron chi connectivity index (χ3n) is 2.53. The maximum absolute atomic E-state index is 12.0. The largest absolute Gasteiger partial charge is 0.395 e. The van der Waals surface area contributed by atoms with Crippen molar-refractivity contribution < 1.29 is 14.6 Å². The number of carbonyl (C=O) groups is 1. The van der Waals surface area contributed by atoms with Gasteiger partial charge < -0.3 is 15.2 Å². The first-order valence-electron chi connectivity index (χ1n) is 7.18. The number of carbonyl (C=O) groups excluding carboxylic acids is 1. The lowest BCUT2D eigenvalue weighted by Crippen LogP contribution is -2.25. The van der Waals surface area contributed by atoms with E-state index in [4.69, 9.17) is 9.84 Å². The van der Waals surface area contributed by atoms with Gasteiger partial charge in [0.1, 0.15) is 4.88 Å². The maximum atomic E-state index is 12.0. The summed E-state index contributed by atoms with van der Waals surface area (Å²) in [4.78, 5) is 12.7. The molecule has 1 amide bonds. The summed E-state index contributed by atoms with van der Waals surface area (Å²) in [6, 6.07) is 1.83. The number of aliphatic hydroxyl groups excluding tert-OH is 1. The fourth-order valence-corrected chi connectivity index (χ4v) is 2.34. The Balaban J connectivity index is 2.33. The molecule has 5 heteroatoms. The smallest absolute Gasteiger partial charge is 0.262 e. The summed E-state index contributed by atoms with van der Waals surface area (Å²) in [5.41, 5.74) is 0.724. The average Bonchev–Trinajstić information content (AvgIpc) is 2.91. The number of rotatable bonds is 8. The molecule has 1 heterocycles. The predicted molar refractivity (Wildman–Crippen MR) is 85.5 cm³/mol. The lowest BCUT2D eigenvalue weighted by molar-refractivity contribution is 0.0928. The molecule has 1 aromatic rings. The normalized spacial score (nSPS) is 10.3. The molecule has 0 saturated heterocycles. The van der Waals surface area contributed by atoms with E-state index in [9.17, 15) is 4.79 Å². The second kappa shape index (κ2) is 10.4. The molecule has 0 saturated carbocycles. The van der Waals surface area contributed by atoms with Gasteiger partial charge in [-0.3, -0.25) is 4.79 Å². The number of amides is 1. The Morgan fingerprint density at radius 3 is 3.05 bits per heavy atom. The molecule has 21 heavy (non-hydrogen) atoms. The first-order valence-corrected chi connectivity index (χ1v) is 8.06. The Hall–Kier alpha value is -1.35. The third kappa shape index (κ3) is 7.28. The SMILES string of the molecule is CC(C)COCCCNC(=O)c1sccc1C#CCCO. The molecule has 0 aliphatic rings. The molecule has 0 aliphatic carbocycles. The Bertz CT molecular complexity index is 485. The Morgan fingerprint density at radius 2 is 2.33 bits per heavy atom. The van der Waals surface area contributed by atoms with Gasteiger partial charge in [0.05, 0.1) is 6.61 Å². The van der Waals surface area contributed by atoms with E-state index >= 15 is 0 Å². The van der Waals surface area contributed by atoms with E-state index in [1.807, 2.05) is 11.4 Å². The van der Waals surface area contributed by atoms with Crippen LogP contribution < -0.4 is 5.32 Å². The molecule has 1 aromatic heterocycles. The van der Waals surface area contributed by atoms with Crippen LogP contribution in [0, 0.1) is 17.8 Å².